The van der Waals surface area contributed by atoms with Gasteiger partial charge in [0.2, 0.25) is 0 Å². The monoisotopic (exact) mass is 264 g/mol. The van der Waals surface area contributed by atoms with Crippen molar-refractivity contribution in [2.45, 2.75) is 25.9 Å². The fraction of sp³-hybridized carbons (Fsp3) is 0.462. The summed E-state index contributed by atoms with van der Waals surface area (Å²) in [5.74, 6) is -0.201. The number of aliphatic hydroxyl groups is 1. The first kappa shape index (κ1) is 13.5. The van der Waals surface area contributed by atoms with E-state index < -0.39 is 11.0 Å². The standard InChI is InChI=1S/C13H16N2O4/c1-9(16)10-4-5-12(13(7-10)15(18)19)14-6-2-3-11(17)8-14/h4-5,7,11,17H,2-3,6,8H2,1H3/t11-/m1/s1. The number of nitrogens with zero attached hydrogens (tertiary/aromatic N) is 2. The molecule has 1 fully saturated rings. The van der Waals surface area contributed by atoms with E-state index in [1.165, 1.54) is 13.0 Å². The lowest BCUT2D eigenvalue weighted by atomic mass is 10.1. The van der Waals surface area contributed by atoms with Crippen LogP contribution in [-0.2, 0) is 0 Å². The van der Waals surface area contributed by atoms with Gasteiger partial charge in [0.25, 0.3) is 5.69 Å². The van der Waals surface area contributed by atoms with E-state index in [1.807, 2.05) is 0 Å². The molecule has 2 rings (SSSR count). The van der Waals surface area contributed by atoms with Crippen LogP contribution in [0, 0.1) is 10.1 Å². The van der Waals surface area contributed by atoms with E-state index in [9.17, 15) is 20.0 Å². The lowest BCUT2D eigenvalue weighted by molar-refractivity contribution is -0.384. The molecule has 1 aromatic rings. The summed E-state index contributed by atoms with van der Waals surface area (Å²) in [5, 5.41) is 20.8. The topological polar surface area (TPSA) is 83.7 Å². The van der Waals surface area contributed by atoms with E-state index in [-0.39, 0.29) is 11.5 Å². The summed E-state index contributed by atoms with van der Waals surface area (Å²) in [6.07, 6.45) is 1.06. The van der Waals surface area contributed by atoms with Gasteiger partial charge in [-0.3, -0.25) is 14.9 Å². The van der Waals surface area contributed by atoms with E-state index in [0.29, 0.717) is 24.3 Å². The van der Waals surface area contributed by atoms with Crippen molar-refractivity contribution < 1.29 is 14.8 Å². The summed E-state index contributed by atoms with van der Waals surface area (Å²) in [5.41, 5.74) is 0.712. The zero-order valence-corrected chi connectivity index (χ0v) is 10.7. The normalized spacial score (nSPS) is 19.3. The number of Topliss-reactive ketones (excluding diaryl/α,β-unsaturated/α-hetero) is 1. The average Bonchev–Trinajstić information content (AvgIpc) is 2.37. The maximum absolute atomic E-state index is 11.3. The lowest BCUT2D eigenvalue weighted by Gasteiger charge is -2.31. The first-order chi connectivity index (χ1) is 8.99. The summed E-state index contributed by atoms with van der Waals surface area (Å²) in [6.45, 7) is 2.45. The molecule has 0 spiro atoms. The Morgan fingerprint density at radius 1 is 1.53 bits per heavy atom. The van der Waals surface area contributed by atoms with E-state index >= 15 is 0 Å². The van der Waals surface area contributed by atoms with Crippen molar-refractivity contribution in [1.29, 1.82) is 0 Å². The minimum atomic E-state index is -0.483. The van der Waals surface area contributed by atoms with Crippen LogP contribution in [0.3, 0.4) is 0 Å². The summed E-state index contributed by atoms with van der Waals surface area (Å²) in [4.78, 5) is 23.7. The van der Waals surface area contributed by atoms with Crippen LogP contribution in [0.15, 0.2) is 18.2 Å². The molecule has 1 aliphatic heterocycles. The van der Waals surface area contributed by atoms with Gasteiger partial charge in [-0.25, -0.2) is 0 Å². The number of nitro groups is 1. The fourth-order valence-corrected chi connectivity index (χ4v) is 2.33. The van der Waals surface area contributed by atoms with Crippen molar-refractivity contribution in [3.63, 3.8) is 0 Å². The zero-order chi connectivity index (χ0) is 14.0. The molecule has 0 radical (unpaired) electrons. The smallest absolute Gasteiger partial charge is 0.293 e. The van der Waals surface area contributed by atoms with Crippen molar-refractivity contribution in [3.05, 3.63) is 33.9 Å². The quantitative estimate of drug-likeness (QED) is 0.511. The van der Waals surface area contributed by atoms with Gasteiger partial charge >= 0.3 is 0 Å². The van der Waals surface area contributed by atoms with E-state index in [2.05, 4.69) is 0 Å². The Kier molecular flexibility index (Phi) is 3.80. The molecule has 6 nitrogen and oxygen atoms in total. The predicted molar refractivity (Wildman–Crippen MR) is 70.6 cm³/mol. The summed E-state index contributed by atoms with van der Waals surface area (Å²) >= 11 is 0. The zero-order valence-electron chi connectivity index (χ0n) is 10.7. The molecule has 1 atom stereocenters. The third-order valence-corrected chi connectivity index (χ3v) is 3.32. The number of piperidine rings is 1. The highest BCUT2D eigenvalue weighted by atomic mass is 16.6. The van der Waals surface area contributed by atoms with Crippen molar-refractivity contribution >= 4 is 17.2 Å². The Bertz CT molecular complexity index is 515. The fourth-order valence-electron chi connectivity index (χ4n) is 2.33. The van der Waals surface area contributed by atoms with Gasteiger partial charge in [0.15, 0.2) is 5.78 Å². The molecule has 1 aromatic carbocycles. The van der Waals surface area contributed by atoms with Gasteiger partial charge in [-0.15, -0.1) is 0 Å². The number of β-amino-alcohol motifs (C(OH)–C–C–N with tert-alkyl or cyclic N) is 1. The molecule has 1 N–H and O–H groups in total. The molecule has 0 aliphatic carbocycles. The van der Waals surface area contributed by atoms with Crippen LogP contribution >= 0.6 is 0 Å². The molecule has 0 unspecified atom stereocenters. The summed E-state index contributed by atoms with van der Waals surface area (Å²) < 4.78 is 0. The second kappa shape index (κ2) is 5.36. The van der Waals surface area contributed by atoms with Crippen LogP contribution in [0.5, 0.6) is 0 Å². The summed E-state index contributed by atoms with van der Waals surface area (Å²) in [6, 6.07) is 4.48. The number of hydrogen-bond donors (Lipinski definition) is 1. The number of carbonyl (C=O) groups is 1. The van der Waals surface area contributed by atoms with Gasteiger partial charge in [-0.05, 0) is 31.9 Å². The number of nitro benzene ring substituents is 1. The van der Waals surface area contributed by atoms with E-state index in [1.54, 1.807) is 17.0 Å². The van der Waals surface area contributed by atoms with E-state index in [4.69, 9.17) is 0 Å². The van der Waals surface area contributed by atoms with Crippen LogP contribution in [0.1, 0.15) is 30.1 Å². The summed E-state index contributed by atoms with van der Waals surface area (Å²) in [7, 11) is 0. The van der Waals surface area contributed by atoms with Gasteiger partial charge in [-0.1, -0.05) is 0 Å². The van der Waals surface area contributed by atoms with Gasteiger partial charge in [0.05, 0.1) is 11.0 Å². The molecule has 1 aliphatic rings. The molecule has 1 heterocycles. The second-order valence-corrected chi connectivity index (χ2v) is 4.76. The number of carbonyl (C=O) groups excluding carboxylic acids is 1. The van der Waals surface area contributed by atoms with Crippen LogP contribution < -0.4 is 4.90 Å². The number of aliphatic hydroxyl groups excluding tert-OH is 1. The van der Waals surface area contributed by atoms with Gasteiger partial charge in [0, 0.05) is 24.7 Å². The molecule has 0 amide bonds. The Balaban J connectivity index is 2.38. The second-order valence-electron chi connectivity index (χ2n) is 4.76. The predicted octanol–water partition coefficient (Wildman–Crippen LogP) is 1.76. The molecule has 0 aromatic heterocycles. The van der Waals surface area contributed by atoms with Gasteiger partial charge < -0.3 is 10.0 Å². The Labute approximate surface area is 110 Å². The number of benzene rings is 1. The minimum Gasteiger partial charge on any atom is -0.391 e. The molecule has 19 heavy (non-hydrogen) atoms. The van der Waals surface area contributed by atoms with Crippen molar-refractivity contribution in [1.82, 2.24) is 0 Å². The molecular weight excluding hydrogens is 248 g/mol. The maximum atomic E-state index is 11.3. The first-order valence-corrected chi connectivity index (χ1v) is 6.21. The largest absolute Gasteiger partial charge is 0.391 e. The van der Waals surface area contributed by atoms with Gasteiger partial charge in [0.1, 0.15) is 5.69 Å². The van der Waals surface area contributed by atoms with Crippen molar-refractivity contribution in [3.8, 4) is 0 Å². The SMILES string of the molecule is CC(=O)c1ccc(N2CCC[C@@H](O)C2)c([N+](=O)[O-])c1. The highest BCUT2D eigenvalue weighted by Gasteiger charge is 2.25. The number of hydrogen-bond acceptors (Lipinski definition) is 5. The molecule has 0 saturated carbocycles. The number of ketones is 1. The van der Waals surface area contributed by atoms with Crippen LogP contribution in [0.2, 0.25) is 0 Å². The molecule has 0 bridgehead atoms. The molecular formula is C13H16N2O4. The number of anilines is 1. The lowest BCUT2D eigenvalue weighted by Crippen LogP contribution is -2.38. The Morgan fingerprint density at radius 2 is 2.26 bits per heavy atom. The third kappa shape index (κ3) is 2.90. The van der Waals surface area contributed by atoms with Crippen LogP contribution in [0.25, 0.3) is 0 Å². The van der Waals surface area contributed by atoms with Crippen molar-refractivity contribution in [2.24, 2.45) is 0 Å². The first-order valence-electron chi connectivity index (χ1n) is 6.21. The average molecular weight is 264 g/mol. The third-order valence-electron chi connectivity index (χ3n) is 3.32. The Hall–Kier alpha value is -1.95. The van der Waals surface area contributed by atoms with Gasteiger partial charge in [-0.2, -0.15) is 0 Å². The highest BCUT2D eigenvalue weighted by molar-refractivity contribution is 5.95. The molecule has 6 heteroatoms. The van der Waals surface area contributed by atoms with E-state index in [0.717, 1.165) is 12.8 Å². The van der Waals surface area contributed by atoms with Crippen LogP contribution in [-0.4, -0.2) is 35.0 Å². The van der Waals surface area contributed by atoms with Crippen LogP contribution in [0.4, 0.5) is 11.4 Å². The minimum absolute atomic E-state index is 0.0817. The maximum Gasteiger partial charge on any atom is 0.293 e. The van der Waals surface area contributed by atoms with Crippen molar-refractivity contribution in [2.75, 3.05) is 18.0 Å². The number of rotatable bonds is 3. The molecule has 102 valence electrons. The molecule has 1 saturated heterocycles. The highest BCUT2D eigenvalue weighted by Crippen LogP contribution is 2.31. The Morgan fingerprint density at radius 3 is 2.84 bits per heavy atom.